The van der Waals surface area contributed by atoms with E-state index in [0.717, 1.165) is 11.0 Å². The Morgan fingerprint density at radius 3 is 2.29 bits per heavy atom. The van der Waals surface area contributed by atoms with Crippen molar-refractivity contribution < 1.29 is 8.42 Å². The SMILES string of the molecule is CC(C)(C)c1nsc(N2CCS(=O)(=O)CC2)n1. The molecular weight excluding hydrogens is 258 g/mol. The first-order valence-electron chi connectivity index (χ1n) is 5.57. The molecule has 0 atom stereocenters. The van der Waals surface area contributed by atoms with Crippen LogP contribution in [-0.4, -0.2) is 42.4 Å². The Hall–Kier alpha value is -0.690. The molecule has 0 aliphatic carbocycles. The zero-order valence-electron chi connectivity index (χ0n) is 10.3. The van der Waals surface area contributed by atoms with Crippen molar-refractivity contribution in [2.75, 3.05) is 29.5 Å². The molecule has 5 nitrogen and oxygen atoms in total. The minimum Gasteiger partial charge on any atom is -0.345 e. The Balaban J connectivity index is 2.12. The smallest absolute Gasteiger partial charge is 0.205 e. The van der Waals surface area contributed by atoms with Gasteiger partial charge in [-0.25, -0.2) is 13.4 Å². The van der Waals surface area contributed by atoms with Crippen molar-refractivity contribution in [1.82, 2.24) is 9.36 Å². The third-order valence-electron chi connectivity index (χ3n) is 2.70. The molecule has 1 aliphatic heterocycles. The van der Waals surface area contributed by atoms with Crippen LogP contribution in [0.3, 0.4) is 0 Å². The molecule has 0 spiro atoms. The van der Waals surface area contributed by atoms with E-state index < -0.39 is 9.84 Å². The van der Waals surface area contributed by atoms with E-state index in [4.69, 9.17) is 0 Å². The maximum atomic E-state index is 11.3. The molecule has 1 saturated heterocycles. The lowest BCUT2D eigenvalue weighted by Gasteiger charge is -2.25. The van der Waals surface area contributed by atoms with E-state index in [1.165, 1.54) is 11.5 Å². The second-order valence-electron chi connectivity index (χ2n) is 5.29. The number of aromatic nitrogens is 2. The Bertz CT molecular complexity index is 488. The molecule has 0 saturated carbocycles. The summed E-state index contributed by atoms with van der Waals surface area (Å²) in [7, 11) is -2.83. The third-order valence-corrected chi connectivity index (χ3v) is 5.09. The number of hydrogen-bond donors (Lipinski definition) is 0. The van der Waals surface area contributed by atoms with Gasteiger partial charge in [-0.3, -0.25) is 0 Å². The lowest BCUT2D eigenvalue weighted by atomic mass is 9.96. The zero-order chi connectivity index (χ0) is 12.7. The molecule has 96 valence electrons. The molecule has 2 rings (SSSR count). The molecule has 0 radical (unpaired) electrons. The summed E-state index contributed by atoms with van der Waals surface area (Å²) in [5.41, 5.74) is -0.0589. The first-order valence-corrected chi connectivity index (χ1v) is 8.17. The van der Waals surface area contributed by atoms with Crippen LogP contribution in [0.4, 0.5) is 5.13 Å². The summed E-state index contributed by atoms with van der Waals surface area (Å²) in [5.74, 6) is 1.26. The topological polar surface area (TPSA) is 63.2 Å². The van der Waals surface area contributed by atoms with E-state index in [9.17, 15) is 8.42 Å². The number of rotatable bonds is 1. The molecule has 7 heteroatoms. The standard InChI is InChI=1S/C10H17N3O2S2/c1-10(2,3)8-11-9(16-12-8)13-4-6-17(14,15)7-5-13/h4-7H2,1-3H3. The molecule has 2 heterocycles. The van der Waals surface area contributed by atoms with Gasteiger partial charge in [0, 0.05) is 30.0 Å². The van der Waals surface area contributed by atoms with Gasteiger partial charge in [0.2, 0.25) is 5.13 Å². The Morgan fingerprint density at radius 2 is 1.82 bits per heavy atom. The average Bonchev–Trinajstić information content (AvgIpc) is 2.66. The number of sulfone groups is 1. The maximum Gasteiger partial charge on any atom is 0.205 e. The summed E-state index contributed by atoms with van der Waals surface area (Å²) in [5, 5.41) is 0.838. The average molecular weight is 275 g/mol. The van der Waals surface area contributed by atoms with Gasteiger partial charge in [-0.15, -0.1) is 0 Å². The molecule has 0 amide bonds. The molecule has 1 fully saturated rings. The molecule has 17 heavy (non-hydrogen) atoms. The summed E-state index contributed by atoms with van der Waals surface area (Å²) >= 11 is 1.35. The molecular formula is C10H17N3O2S2. The fourth-order valence-corrected chi connectivity index (χ4v) is 3.66. The van der Waals surface area contributed by atoms with Crippen LogP contribution in [0.15, 0.2) is 0 Å². The summed E-state index contributed by atoms with van der Waals surface area (Å²) in [6.45, 7) is 7.26. The summed E-state index contributed by atoms with van der Waals surface area (Å²) < 4.78 is 27.0. The Kier molecular flexibility index (Phi) is 3.15. The number of nitrogens with zero attached hydrogens (tertiary/aromatic N) is 3. The molecule has 1 aliphatic rings. The Labute approximate surface area is 106 Å². The minimum atomic E-state index is -2.83. The highest BCUT2D eigenvalue weighted by Gasteiger charge is 2.26. The highest BCUT2D eigenvalue weighted by atomic mass is 32.2. The van der Waals surface area contributed by atoms with Gasteiger partial charge in [0.05, 0.1) is 11.5 Å². The lowest BCUT2D eigenvalue weighted by molar-refractivity contribution is 0.553. The van der Waals surface area contributed by atoms with Gasteiger partial charge in [0.25, 0.3) is 0 Å². The van der Waals surface area contributed by atoms with Crippen molar-refractivity contribution in [1.29, 1.82) is 0 Å². The fourth-order valence-electron chi connectivity index (χ4n) is 1.55. The van der Waals surface area contributed by atoms with Gasteiger partial charge in [-0.05, 0) is 0 Å². The van der Waals surface area contributed by atoms with Gasteiger partial charge < -0.3 is 4.90 Å². The quantitative estimate of drug-likeness (QED) is 0.767. The van der Waals surface area contributed by atoms with Gasteiger partial charge in [0.1, 0.15) is 5.82 Å². The second-order valence-corrected chi connectivity index (χ2v) is 8.32. The largest absolute Gasteiger partial charge is 0.345 e. The van der Waals surface area contributed by atoms with Gasteiger partial charge >= 0.3 is 0 Å². The van der Waals surface area contributed by atoms with Gasteiger partial charge in [-0.2, -0.15) is 4.37 Å². The monoisotopic (exact) mass is 275 g/mol. The first kappa shape index (κ1) is 12.8. The third kappa shape index (κ3) is 2.95. The summed E-state index contributed by atoms with van der Waals surface area (Å²) in [6, 6.07) is 0. The van der Waals surface area contributed by atoms with E-state index >= 15 is 0 Å². The summed E-state index contributed by atoms with van der Waals surface area (Å²) in [6.07, 6.45) is 0. The maximum absolute atomic E-state index is 11.3. The van der Waals surface area contributed by atoms with Crippen LogP contribution in [0.2, 0.25) is 0 Å². The lowest BCUT2D eigenvalue weighted by Crippen LogP contribution is -2.40. The van der Waals surface area contributed by atoms with Crippen LogP contribution in [0.25, 0.3) is 0 Å². The Morgan fingerprint density at radius 1 is 1.24 bits per heavy atom. The highest BCUT2D eigenvalue weighted by molar-refractivity contribution is 7.91. The highest BCUT2D eigenvalue weighted by Crippen LogP contribution is 2.26. The number of anilines is 1. The molecule has 1 aromatic heterocycles. The molecule has 0 bridgehead atoms. The fraction of sp³-hybridized carbons (Fsp3) is 0.800. The van der Waals surface area contributed by atoms with Crippen LogP contribution >= 0.6 is 11.5 Å². The zero-order valence-corrected chi connectivity index (χ0v) is 11.9. The predicted molar refractivity (Wildman–Crippen MR) is 69.5 cm³/mol. The van der Waals surface area contributed by atoms with Crippen LogP contribution in [-0.2, 0) is 15.3 Å². The van der Waals surface area contributed by atoms with E-state index in [0.29, 0.717) is 13.1 Å². The van der Waals surface area contributed by atoms with Crippen LogP contribution in [0, 0.1) is 0 Å². The van der Waals surface area contributed by atoms with Crippen molar-refractivity contribution in [2.45, 2.75) is 26.2 Å². The first-order chi connectivity index (χ1) is 7.78. The van der Waals surface area contributed by atoms with Crippen LogP contribution < -0.4 is 4.90 Å². The van der Waals surface area contributed by atoms with Crippen LogP contribution in [0.1, 0.15) is 26.6 Å². The van der Waals surface area contributed by atoms with E-state index in [2.05, 4.69) is 30.1 Å². The van der Waals surface area contributed by atoms with Crippen LogP contribution in [0.5, 0.6) is 0 Å². The van der Waals surface area contributed by atoms with E-state index in [1.807, 2.05) is 4.90 Å². The molecule has 0 aromatic carbocycles. The van der Waals surface area contributed by atoms with Crippen molar-refractivity contribution >= 4 is 26.5 Å². The second kappa shape index (κ2) is 4.20. The minimum absolute atomic E-state index is 0.0589. The molecule has 0 N–H and O–H groups in total. The summed E-state index contributed by atoms with van der Waals surface area (Å²) in [4.78, 5) is 6.50. The number of hydrogen-bond acceptors (Lipinski definition) is 6. The van der Waals surface area contributed by atoms with E-state index in [1.54, 1.807) is 0 Å². The van der Waals surface area contributed by atoms with Crippen molar-refractivity contribution in [3.63, 3.8) is 0 Å². The molecule has 1 aromatic rings. The normalized spacial score (nSPS) is 20.5. The van der Waals surface area contributed by atoms with E-state index in [-0.39, 0.29) is 16.9 Å². The van der Waals surface area contributed by atoms with Crippen molar-refractivity contribution in [3.05, 3.63) is 5.82 Å². The van der Waals surface area contributed by atoms with Crippen molar-refractivity contribution in [3.8, 4) is 0 Å². The van der Waals surface area contributed by atoms with Crippen molar-refractivity contribution in [2.24, 2.45) is 0 Å². The van der Waals surface area contributed by atoms with Gasteiger partial charge in [-0.1, -0.05) is 20.8 Å². The predicted octanol–water partition coefficient (Wildman–Crippen LogP) is 1.07. The van der Waals surface area contributed by atoms with Gasteiger partial charge in [0.15, 0.2) is 9.84 Å². The molecule has 0 unspecified atom stereocenters.